The van der Waals surface area contributed by atoms with Crippen molar-refractivity contribution in [3.05, 3.63) is 0 Å². The molecule has 1 nitrogen and oxygen atoms in total. The van der Waals surface area contributed by atoms with E-state index in [4.69, 9.17) is 5.41 Å². The maximum absolute atomic E-state index is 7.34. The Morgan fingerprint density at radius 2 is 2.00 bits per heavy atom. The fourth-order valence-electron chi connectivity index (χ4n) is 0.917. The van der Waals surface area contributed by atoms with E-state index in [-0.39, 0.29) is 0 Å². The Morgan fingerprint density at radius 3 is 2.40 bits per heavy atom. The van der Waals surface area contributed by atoms with E-state index >= 15 is 0 Å². The van der Waals surface area contributed by atoms with Crippen LogP contribution in [0.25, 0.3) is 0 Å². The van der Waals surface area contributed by atoms with Crippen LogP contribution < -0.4 is 0 Å². The number of hydrogen-bond donors (Lipinski definition) is 1. The summed E-state index contributed by atoms with van der Waals surface area (Å²) in [6, 6.07) is 0. The van der Waals surface area contributed by atoms with Gasteiger partial charge in [-0.1, -0.05) is 33.1 Å². The lowest BCUT2D eigenvalue weighted by Gasteiger charge is -2.07. The van der Waals surface area contributed by atoms with Crippen LogP contribution in [-0.2, 0) is 0 Å². The van der Waals surface area contributed by atoms with Crippen molar-refractivity contribution >= 4 is 5.71 Å². The van der Waals surface area contributed by atoms with Crippen molar-refractivity contribution in [3.63, 3.8) is 0 Å². The summed E-state index contributed by atoms with van der Waals surface area (Å²) in [5.74, 6) is 0.506. The van der Waals surface area contributed by atoms with Crippen molar-refractivity contribution in [2.75, 3.05) is 0 Å². The zero-order valence-electron chi connectivity index (χ0n) is 7.41. The van der Waals surface area contributed by atoms with Crippen molar-refractivity contribution in [2.24, 2.45) is 5.92 Å². The summed E-state index contributed by atoms with van der Waals surface area (Å²) in [6.07, 6.45) is 5.08. The van der Waals surface area contributed by atoms with Gasteiger partial charge >= 0.3 is 0 Å². The molecule has 0 aromatic rings. The van der Waals surface area contributed by atoms with Gasteiger partial charge in [0.25, 0.3) is 0 Å². The van der Waals surface area contributed by atoms with Crippen LogP contribution in [0.3, 0.4) is 0 Å². The maximum Gasteiger partial charge on any atom is 0.00863 e. The lowest BCUT2D eigenvalue weighted by molar-refractivity contribution is 0.594. The third-order valence-corrected chi connectivity index (χ3v) is 1.98. The van der Waals surface area contributed by atoms with Gasteiger partial charge in [0.15, 0.2) is 0 Å². The minimum absolute atomic E-state index is 0.506. The van der Waals surface area contributed by atoms with Gasteiger partial charge in [-0.15, -0.1) is 0 Å². The van der Waals surface area contributed by atoms with E-state index in [1.165, 1.54) is 25.7 Å². The van der Waals surface area contributed by atoms with Crippen molar-refractivity contribution in [2.45, 2.75) is 46.5 Å². The van der Waals surface area contributed by atoms with Gasteiger partial charge in [-0.2, -0.15) is 0 Å². The van der Waals surface area contributed by atoms with Crippen molar-refractivity contribution in [1.82, 2.24) is 0 Å². The Bertz CT molecular complexity index is 96.9. The minimum atomic E-state index is 0.506. The van der Waals surface area contributed by atoms with Crippen LogP contribution in [0.15, 0.2) is 0 Å². The first kappa shape index (κ1) is 9.67. The molecule has 0 aliphatic carbocycles. The molecular weight excluding hydrogens is 122 g/mol. The van der Waals surface area contributed by atoms with Gasteiger partial charge in [-0.3, -0.25) is 0 Å². The highest BCUT2D eigenvalue weighted by Gasteiger charge is 2.01. The summed E-state index contributed by atoms with van der Waals surface area (Å²) in [6.45, 7) is 6.25. The van der Waals surface area contributed by atoms with Gasteiger partial charge in [0.1, 0.15) is 0 Å². The average Bonchev–Trinajstić information content (AvgIpc) is 1.88. The first-order valence-electron chi connectivity index (χ1n) is 4.23. The van der Waals surface area contributed by atoms with Crippen LogP contribution in [0.1, 0.15) is 46.5 Å². The van der Waals surface area contributed by atoms with E-state index in [0.717, 1.165) is 5.71 Å². The third kappa shape index (κ3) is 4.54. The molecule has 1 heteroatoms. The van der Waals surface area contributed by atoms with Crippen LogP contribution in [0.2, 0.25) is 0 Å². The Balaban J connectivity index is 3.21. The highest BCUT2D eigenvalue weighted by atomic mass is 14.4. The fraction of sp³-hybridized carbons (Fsp3) is 0.889. The molecule has 0 amide bonds. The normalized spacial score (nSPS) is 13.1. The van der Waals surface area contributed by atoms with Gasteiger partial charge < -0.3 is 5.41 Å². The molecule has 10 heavy (non-hydrogen) atoms. The molecule has 0 heterocycles. The highest BCUT2D eigenvalue weighted by molar-refractivity contribution is 5.80. The molecule has 1 atom stereocenters. The zero-order valence-corrected chi connectivity index (χ0v) is 7.41. The van der Waals surface area contributed by atoms with Gasteiger partial charge in [0.2, 0.25) is 0 Å². The average molecular weight is 141 g/mol. The Labute approximate surface area is 64.3 Å². The molecule has 1 N–H and O–H groups in total. The smallest absolute Gasteiger partial charge is 0.00863 e. The van der Waals surface area contributed by atoms with Crippen molar-refractivity contribution in [3.8, 4) is 0 Å². The molecule has 60 valence electrons. The second-order valence-corrected chi connectivity index (χ2v) is 3.08. The van der Waals surface area contributed by atoms with Crippen LogP contribution in [-0.4, -0.2) is 5.71 Å². The summed E-state index contributed by atoms with van der Waals surface area (Å²) in [5.41, 5.74) is 0.830. The van der Waals surface area contributed by atoms with Gasteiger partial charge in [-0.05, 0) is 19.3 Å². The summed E-state index contributed by atoms with van der Waals surface area (Å²) >= 11 is 0. The van der Waals surface area contributed by atoms with E-state index in [1.807, 2.05) is 6.92 Å². The Hall–Kier alpha value is -0.330. The number of nitrogens with one attached hydrogen (secondary N) is 1. The van der Waals surface area contributed by atoms with E-state index < -0.39 is 0 Å². The number of unbranched alkanes of at least 4 members (excludes halogenated alkanes) is 2. The van der Waals surface area contributed by atoms with Gasteiger partial charge in [-0.25, -0.2) is 0 Å². The predicted octanol–water partition coefficient (Wildman–Crippen LogP) is 3.24. The zero-order chi connectivity index (χ0) is 7.98. The standard InChI is InChI=1S/C9H19N/c1-4-5-6-7-8(2)9(3)10/h8,10H,4-7H2,1-3H3/t8-/m0/s1. The van der Waals surface area contributed by atoms with Crippen molar-refractivity contribution in [1.29, 1.82) is 5.41 Å². The van der Waals surface area contributed by atoms with Crippen LogP contribution in [0, 0.1) is 11.3 Å². The quantitative estimate of drug-likeness (QED) is 0.449. The summed E-state index contributed by atoms with van der Waals surface area (Å²) in [5, 5.41) is 7.34. The summed E-state index contributed by atoms with van der Waals surface area (Å²) < 4.78 is 0. The molecule has 0 spiro atoms. The lowest BCUT2D eigenvalue weighted by atomic mass is 9.99. The molecular formula is C9H19N. The summed E-state index contributed by atoms with van der Waals surface area (Å²) in [4.78, 5) is 0. The second-order valence-electron chi connectivity index (χ2n) is 3.08. The minimum Gasteiger partial charge on any atom is -0.310 e. The number of hydrogen-bond acceptors (Lipinski definition) is 1. The third-order valence-electron chi connectivity index (χ3n) is 1.98. The summed E-state index contributed by atoms with van der Waals surface area (Å²) in [7, 11) is 0. The Morgan fingerprint density at radius 1 is 1.40 bits per heavy atom. The SMILES string of the molecule is CCCCC[C@H](C)C(C)=N. The molecule has 0 saturated carbocycles. The largest absolute Gasteiger partial charge is 0.310 e. The topological polar surface area (TPSA) is 23.9 Å². The Kier molecular flexibility index (Phi) is 5.27. The van der Waals surface area contributed by atoms with Crippen LogP contribution >= 0.6 is 0 Å². The molecule has 0 saturated heterocycles. The molecule has 0 bridgehead atoms. The maximum atomic E-state index is 7.34. The lowest BCUT2D eigenvalue weighted by Crippen LogP contribution is -2.04. The molecule has 0 unspecified atom stereocenters. The molecule has 0 aliphatic heterocycles. The monoisotopic (exact) mass is 141 g/mol. The molecule has 0 aliphatic rings. The highest BCUT2D eigenvalue weighted by Crippen LogP contribution is 2.09. The van der Waals surface area contributed by atoms with Crippen LogP contribution in [0.5, 0.6) is 0 Å². The number of rotatable bonds is 5. The van der Waals surface area contributed by atoms with Crippen molar-refractivity contribution < 1.29 is 0 Å². The van der Waals surface area contributed by atoms with E-state index in [2.05, 4.69) is 13.8 Å². The molecule has 0 aromatic carbocycles. The molecule has 0 radical (unpaired) electrons. The van der Waals surface area contributed by atoms with E-state index in [0.29, 0.717) is 5.92 Å². The first-order valence-corrected chi connectivity index (χ1v) is 4.23. The van der Waals surface area contributed by atoms with E-state index in [9.17, 15) is 0 Å². The first-order chi connectivity index (χ1) is 4.68. The molecule has 0 aromatic heterocycles. The molecule has 0 rings (SSSR count). The van der Waals surface area contributed by atoms with Gasteiger partial charge in [0, 0.05) is 5.71 Å². The van der Waals surface area contributed by atoms with E-state index in [1.54, 1.807) is 0 Å². The predicted molar refractivity (Wildman–Crippen MR) is 46.7 cm³/mol. The molecule has 0 fully saturated rings. The van der Waals surface area contributed by atoms with Crippen LogP contribution in [0.4, 0.5) is 0 Å². The second kappa shape index (κ2) is 5.45. The fourth-order valence-corrected chi connectivity index (χ4v) is 0.917. The van der Waals surface area contributed by atoms with Gasteiger partial charge in [0.05, 0.1) is 0 Å².